The molecule has 0 unspecified atom stereocenters. The second-order valence-corrected chi connectivity index (χ2v) is 6.09. The Kier molecular flexibility index (Phi) is 6.30. The Labute approximate surface area is 160 Å². The maximum absolute atomic E-state index is 12.5. The van der Waals surface area contributed by atoms with Crippen LogP contribution in [0.5, 0.6) is 0 Å². The molecule has 2 rings (SSSR count). The minimum absolute atomic E-state index is 0.0201. The Balaban J connectivity index is 2.18. The number of carbonyl (C=O) groups is 2. The third kappa shape index (κ3) is 4.91. The van der Waals surface area contributed by atoms with E-state index in [9.17, 15) is 19.7 Å². The molecule has 0 saturated heterocycles. The van der Waals surface area contributed by atoms with Crippen LogP contribution in [0.3, 0.4) is 0 Å². The summed E-state index contributed by atoms with van der Waals surface area (Å²) in [6.07, 6.45) is 0.301. The zero-order valence-electron chi connectivity index (χ0n) is 14.8. The van der Waals surface area contributed by atoms with E-state index in [0.717, 1.165) is 6.07 Å². The van der Waals surface area contributed by atoms with Crippen molar-refractivity contribution in [2.24, 2.45) is 0 Å². The molecular formula is C17H17ClN4O5. The van der Waals surface area contributed by atoms with Crippen molar-refractivity contribution < 1.29 is 19.2 Å². The van der Waals surface area contributed by atoms with E-state index in [1.165, 1.54) is 25.3 Å². The Bertz CT molecular complexity index is 887. The van der Waals surface area contributed by atoms with Gasteiger partial charge < -0.3 is 15.0 Å². The first-order chi connectivity index (χ1) is 12.7. The summed E-state index contributed by atoms with van der Waals surface area (Å²) in [6.45, 7) is 1.38. The van der Waals surface area contributed by atoms with E-state index in [4.69, 9.17) is 16.3 Å². The van der Waals surface area contributed by atoms with Gasteiger partial charge in [0.05, 0.1) is 21.9 Å². The van der Waals surface area contributed by atoms with E-state index in [-0.39, 0.29) is 22.1 Å². The summed E-state index contributed by atoms with van der Waals surface area (Å²) in [7, 11) is 3.36. The van der Waals surface area contributed by atoms with Crippen LogP contribution in [0, 0.1) is 10.1 Å². The number of non-ortho nitro benzene ring substituents is 1. The van der Waals surface area contributed by atoms with Gasteiger partial charge in [-0.05, 0) is 25.1 Å². The van der Waals surface area contributed by atoms with Crippen LogP contribution in [0.25, 0.3) is 0 Å². The number of carbonyl (C=O) groups excluding carboxylic acids is 2. The molecule has 0 aliphatic rings. The third-order valence-corrected chi connectivity index (χ3v) is 3.86. The number of hydrogen-bond acceptors (Lipinski definition) is 7. The summed E-state index contributed by atoms with van der Waals surface area (Å²) in [5.74, 6) is -1.47. The molecule has 0 fully saturated rings. The molecule has 1 heterocycles. The van der Waals surface area contributed by atoms with Gasteiger partial charge >= 0.3 is 5.97 Å². The van der Waals surface area contributed by atoms with Gasteiger partial charge in [0.15, 0.2) is 11.3 Å². The summed E-state index contributed by atoms with van der Waals surface area (Å²) in [6, 6.07) is 6.97. The molecule has 0 bridgehead atoms. The molecule has 2 aromatic rings. The fourth-order valence-electron chi connectivity index (χ4n) is 2.18. The Hall–Kier alpha value is -3.20. The minimum Gasteiger partial charge on any atom is -0.449 e. The van der Waals surface area contributed by atoms with Gasteiger partial charge in [0.25, 0.3) is 11.6 Å². The number of anilines is 2. The Morgan fingerprint density at radius 2 is 2.04 bits per heavy atom. The maximum Gasteiger partial charge on any atom is 0.341 e. The van der Waals surface area contributed by atoms with Crippen LogP contribution in [0.1, 0.15) is 17.3 Å². The Morgan fingerprint density at radius 3 is 2.63 bits per heavy atom. The van der Waals surface area contributed by atoms with E-state index in [0.29, 0.717) is 5.69 Å². The fraction of sp³-hybridized carbons (Fsp3) is 0.235. The number of nitro benzene ring substituents is 1. The molecule has 27 heavy (non-hydrogen) atoms. The number of rotatable bonds is 6. The average molecular weight is 393 g/mol. The first kappa shape index (κ1) is 20.1. The lowest BCUT2D eigenvalue weighted by molar-refractivity contribution is -0.384. The molecular weight excluding hydrogens is 376 g/mol. The Morgan fingerprint density at radius 1 is 1.33 bits per heavy atom. The van der Waals surface area contributed by atoms with Gasteiger partial charge in [0.2, 0.25) is 0 Å². The number of pyridine rings is 1. The number of halogens is 1. The number of amides is 1. The summed E-state index contributed by atoms with van der Waals surface area (Å²) < 4.78 is 5.17. The highest BCUT2D eigenvalue weighted by Gasteiger charge is 2.24. The van der Waals surface area contributed by atoms with Crippen molar-refractivity contribution in [2.45, 2.75) is 13.0 Å². The van der Waals surface area contributed by atoms with Gasteiger partial charge in [-0.1, -0.05) is 11.6 Å². The van der Waals surface area contributed by atoms with E-state index < -0.39 is 22.9 Å². The van der Waals surface area contributed by atoms with Crippen molar-refractivity contribution in [3.8, 4) is 0 Å². The molecule has 1 N–H and O–H groups in total. The van der Waals surface area contributed by atoms with Crippen molar-refractivity contribution in [2.75, 3.05) is 24.3 Å². The maximum atomic E-state index is 12.5. The van der Waals surface area contributed by atoms with Crippen molar-refractivity contribution >= 4 is 40.5 Å². The van der Waals surface area contributed by atoms with Crippen molar-refractivity contribution in [3.05, 3.63) is 57.4 Å². The first-order valence-electron chi connectivity index (χ1n) is 7.79. The molecule has 0 aliphatic carbocycles. The molecule has 1 aromatic heterocycles. The van der Waals surface area contributed by atoms with Crippen molar-refractivity contribution in [3.63, 3.8) is 0 Å². The van der Waals surface area contributed by atoms with Crippen LogP contribution >= 0.6 is 11.6 Å². The van der Waals surface area contributed by atoms with Crippen LogP contribution in [-0.2, 0) is 9.53 Å². The zero-order chi connectivity index (χ0) is 20.1. The summed E-state index contributed by atoms with van der Waals surface area (Å²) in [4.78, 5) is 40.5. The normalized spacial score (nSPS) is 11.4. The largest absolute Gasteiger partial charge is 0.449 e. The van der Waals surface area contributed by atoms with Gasteiger partial charge in [-0.15, -0.1) is 0 Å². The standard InChI is InChI=1S/C17H17ClN4O5/c1-10(16(23)20-13-5-4-8-19-15(13)18)27-17(24)12-9-11(22(25)26)6-7-14(12)21(2)3/h4-10H,1-3H3,(H,20,23)/t10-/m1/s1. The van der Waals surface area contributed by atoms with Gasteiger partial charge in [-0.25, -0.2) is 9.78 Å². The minimum atomic E-state index is -1.16. The van der Waals surface area contributed by atoms with E-state index in [1.54, 1.807) is 31.1 Å². The number of benzene rings is 1. The molecule has 0 saturated carbocycles. The molecule has 0 aliphatic heterocycles. The number of ether oxygens (including phenoxy) is 1. The third-order valence-electron chi connectivity index (χ3n) is 3.56. The van der Waals surface area contributed by atoms with Gasteiger partial charge in [0, 0.05) is 32.4 Å². The van der Waals surface area contributed by atoms with Crippen LogP contribution in [-0.4, -0.2) is 42.0 Å². The second kappa shape index (κ2) is 8.45. The summed E-state index contributed by atoms with van der Waals surface area (Å²) in [5.41, 5.74) is 0.421. The number of aromatic nitrogens is 1. The van der Waals surface area contributed by atoms with Crippen LogP contribution in [0.15, 0.2) is 36.5 Å². The van der Waals surface area contributed by atoms with Crippen LogP contribution in [0.4, 0.5) is 17.1 Å². The van der Waals surface area contributed by atoms with E-state index >= 15 is 0 Å². The molecule has 142 valence electrons. The van der Waals surface area contributed by atoms with Crippen molar-refractivity contribution in [1.82, 2.24) is 4.98 Å². The quantitative estimate of drug-likeness (QED) is 0.348. The molecule has 0 spiro atoms. The number of nitrogens with zero attached hydrogens (tertiary/aromatic N) is 3. The lowest BCUT2D eigenvalue weighted by atomic mass is 10.1. The SMILES string of the molecule is C[C@@H](OC(=O)c1cc([N+](=O)[O-])ccc1N(C)C)C(=O)Nc1cccnc1Cl. The highest BCUT2D eigenvalue weighted by molar-refractivity contribution is 6.32. The average Bonchev–Trinajstić information content (AvgIpc) is 2.62. The predicted octanol–water partition coefficient (Wildman–Crippen LogP) is 2.89. The topological polar surface area (TPSA) is 115 Å². The molecule has 1 amide bonds. The summed E-state index contributed by atoms with van der Waals surface area (Å²) >= 11 is 5.87. The molecule has 9 nitrogen and oxygen atoms in total. The number of hydrogen-bond donors (Lipinski definition) is 1. The van der Waals surface area contributed by atoms with Gasteiger partial charge in [-0.3, -0.25) is 14.9 Å². The van der Waals surface area contributed by atoms with Crippen molar-refractivity contribution in [1.29, 1.82) is 0 Å². The lowest BCUT2D eigenvalue weighted by Gasteiger charge is -2.18. The fourth-order valence-corrected chi connectivity index (χ4v) is 2.35. The van der Waals surface area contributed by atoms with Crippen LogP contribution in [0.2, 0.25) is 5.15 Å². The van der Waals surface area contributed by atoms with E-state index in [1.807, 2.05) is 0 Å². The molecule has 10 heteroatoms. The molecule has 1 atom stereocenters. The summed E-state index contributed by atoms with van der Waals surface area (Å²) in [5, 5.41) is 13.6. The number of nitrogens with one attached hydrogen (secondary N) is 1. The monoisotopic (exact) mass is 392 g/mol. The highest BCUT2D eigenvalue weighted by atomic mass is 35.5. The van der Waals surface area contributed by atoms with Gasteiger partial charge in [-0.2, -0.15) is 0 Å². The molecule has 0 radical (unpaired) electrons. The van der Waals surface area contributed by atoms with E-state index in [2.05, 4.69) is 10.3 Å². The lowest BCUT2D eigenvalue weighted by Crippen LogP contribution is -2.30. The zero-order valence-corrected chi connectivity index (χ0v) is 15.6. The number of nitro groups is 1. The number of esters is 1. The van der Waals surface area contributed by atoms with Crippen LogP contribution < -0.4 is 10.2 Å². The van der Waals surface area contributed by atoms with Gasteiger partial charge in [0.1, 0.15) is 0 Å². The first-order valence-corrected chi connectivity index (χ1v) is 8.16. The predicted molar refractivity (Wildman–Crippen MR) is 100 cm³/mol. The molecule has 1 aromatic carbocycles. The second-order valence-electron chi connectivity index (χ2n) is 5.73. The highest BCUT2D eigenvalue weighted by Crippen LogP contribution is 2.25. The smallest absolute Gasteiger partial charge is 0.341 e.